The number of hydroxylamine groups is 3. The van der Waals surface area contributed by atoms with Crippen molar-refractivity contribution in [2.24, 2.45) is 0 Å². The molecule has 0 bridgehead atoms. The summed E-state index contributed by atoms with van der Waals surface area (Å²) in [6, 6.07) is 1.87. The number of ketones is 1. The van der Waals surface area contributed by atoms with Gasteiger partial charge in [0.25, 0.3) is 0 Å². The molecule has 0 spiro atoms. The van der Waals surface area contributed by atoms with Crippen LogP contribution in [0, 0.1) is 11.3 Å². The quantitative estimate of drug-likeness (QED) is 0.260. The molecule has 2 aliphatic rings. The highest BCUT2D eigenvalue weighted by Crippen LogP contribution is 2.21. The Labute approximate surface area is 127 Å². The minimum absolute atomic E-state index is 0.0303. The van der Waals surface area contributed by atoms with E-state index in [1.54, 1.807) is 31.5 Å². The second-order valence-corrected chi connectivity index (χ2v) is 4.44. The Hall–Kier alpha value is -2.85. The maximum atomic E-state index is 12.0. The first-order valence-electron chi connectivity index (χ1n) is 6.76. The van der Waals surface area contributed by atoms with E-state index in [9.17, 15) is 9.59 Å². The van der Waals surface area contributed by atoms with Gasteiger partial charge >= 0.3 is 5.97 Å². The van der Waals surface area contributed by atoms with Gasteiger partial charge in [0.15, 0.2) is 5.78 Å². The van der Waals surface area contributed by atoms with Gasteiger partial charge < -0.3 is 4.74 Å². The Balaban J connectivity index is 2.18. The highest BCUT2D eigenvalue weighted by atomic mass is 16.8. The van der Waals surface area contributed by atoms with Crippen molar-refractivity contribution < 1.29 is 19.3 Å². The SMILES string of the molecule is CCC(=O)C(=CC1=CC2=CNON2C=C1)C(=O)OCCC#N. The van der Waals surface area contributed by atoms with E-state index in [2.05, 4.69) is 5.48 Å². The van der Waals surface area contributed by atoms with E-state index in [1.807, 2.05) is 6.07 Å². The Morgan fingerprint density at radius 1 is 1.55 bits per heavy atom. The third-order valence-corrected chi connectivity index (χ3v) is 2.93. The van der Waals surface area contributed by atoms with Crippen LogP contribution in [-0.4, -0.2) is 23.4 Å². The second-order valence-electron chi connectivity index (χ2n) is 4.44. The van der Waals surface area contributed by atoms with Crippen LogP contribution in [0.25, 0.3) is 0 Å². The number of rotatable bonds is 6. The minimum atomic E-state index is -0.714. The third kappa shape index (κ3) is 3.62. The predicted octanol–water partition coefficient (Wildman–Crippen LogP) is 1.40. The first-order valence-corrected chi connectivity index (χ1v) is 6.76. The van der Waals surface area contributed by atoms with Crippen molar-refractivity contribution in [1.29, 1.82) is 5.26 Å². The van der Waals surface area contributed by atoms with E-state index in [0.717, 1.165) is 5.70 Å². The van der Waals surface area contributed by atoms with E-state index in [1.165, 1.54) is 11.1 Å². The first kappa shape index (κ1) is 15.5. The largest absolute Gasteiger partial charge is 0.461 e. The van der Waals surface area contributed by atoms with E-state index in [4.69, 9.17) is 14.9 Å². The highest BCUT2D eigenvalue weighted by molar-refractivity contribution is 6.17. The topological polar surface area (TPSA) is 91.7 Å². The molecule has 0 amide bonds. The lowest BCUT2D eigenvalue weighted by molar-refractivity contribution is -0.140. The van der Waals surface area contributed by atoms with E-state index < -0.39 is 5.97 Å². The molecule has 0 fully saturated rings. The molecule has 1 N–H and O–H groups in total. The second kappa shape index (κ2) is 7.24. The van der Waals surface area contributed by atoms with Gasteiger partial charge in [-0.3, -0.25) is 4.79 Å². The number of nitriles is 1. The van der Waals surface area contributed by atoms with Crippen LogP contribution >= 0.6 is 0 Å². The Kier molecular flexibility index (Phi) is 5.11. The monoisotopic (exact) mass is 301 g/mol. The highest BCUT2D eigenvalue weighted by Gasteiger charge is 2.20. The molecule has 114 valence electrons. The van der Waals surface area contributed by atoms with Crippen molar-refractivity contribution in [1.82, 2.24) is 10.5 Å². The van der Waals surface area contributed by atoms with Gasteiger partial charge in [0.05, 0.1) is 24.4 Å². The lowest BCUT2D eigenvalue weighted by atomic mass is 10.0. The fourth-order valence-corrected chi connectivity index (χ4v) is 1.82. The maximum Gasteiger partial charge on any atom is 0.341 e. The number of carbonyl (C=O) groups excluding carboxylic acids is 2. The number of hydrogen-bond donors (Lipinski definition) is 1. The average Bonchev–Trinajstić information content (AvgIpc) is 2.99. The molecule has 0 radical (unpaired) electrons. The molecule has 0 aromatic heterocycles. The van der Waals surface area contributed by atoms with Crippen molar-refractivity contribution in [2.45, 2.75) is 19.8 Å². The Morgan fingerprint density at radius 2 is 2.36 bits per heavy atom. The summed E-state index contributed by atoms with van der Waals surface area (Å²) in [5, 5.41) is 9.96. The lowest BCUT2D eigenvalue weighted by Gasteiger charge is -2.16. The van der Waals surface area contributed by atoms with Gasteiger partial charge in [-0.15, -0.1) is 0 Å². The first-order chi connectivity index (χ1) is 10.7. The minimum Gasteiger partial charge on any atom is -0.461 e. The molecule has 0 aromatic carbocycles. The fourth-order valence-electron chi connectivity index (χ4n) is 1.82. The maximum absolute atomic E-state index is 12.0. The van der Waals surface area contributed by atoms with Crippen molar-refractivity contribution in [3.63, 3.8) is 0 Å². The molecule has 22 heavy (non-hydrogen) atoms. The molecular formula is C15H15N3O4. The number of carbonyl (C=O) groups is 2. The smallest absolute Gasteiger partial charge is 0.341 e. The number of ether oxygens (including phenoxy) is 1. The van der Waals surface area contributed by atoms with Gasteiger partial charge in [-0.25, -0.2) is 15.3 Å². The molecule has 0 aromatic rings. The predicted molar refractivity (Wildman–Crippen MR) is 75.9 cm³/mol. The number of fused-ring (bicyclic) bond motifs is 1. The van der Waals surface area contributed by atoms with Crippen molar-refractivity contribution in [2.75, 3.05) is 6.61 Å². The number of nitrogens with one attached hydrogen (secondary N) is 1. The van der Waals surface area contributed by atoms with Crippen LogP contribution in [0.5, 0.6) is 0 Å². The van der Waals surface area contributed by atoms with E-state index in [0.29, 0.717) is 5.57 Å². The van der Waals surface area contributed by atoms with Gasteiger partial charge in [0, 0.05) is 12.6 Å². The van der Waals surface area contributed by atoms with Gasteiger partial charge in [-0.2, -0.15) is 10.2 Å². The van der Waals surface area contributed by atoms with Gasteiger partial charge in [0.2, 0.25) is 0 Å². The van der Waals surface area contributed by atoms with Crippen LogP contribution in [0.1, 0.15) is 19.8 Å². The van der Waals surface area contributed by atoms with Crippen LogP contribution < -0.4 is 5.48 Å². The summed E-state index contributed by atoms with van der Waals surface area (Å²) in [5.74, 6) is -1.03. The molecule has 2 aliphatic heterocycles. The summed E-state index contributed by atoms with van der Waals surface area (Å²) in [5.41, 5.74) is 3.97. The number of hydrogen-bond acceptors (Lipinski definition) is 7. The molecule has 2 heterocycles. The third-order valence-electron chi connectivity index (χ3n) is 2.93. The average molecular weight is 301 g/mol. The van der Waals surface area contributed by atoms with Crippen LogP contribution in [0.3, 0.4) is 0 Å². The number of allylic oxidation sites excluding steroid dienone is 4. The molecule has 2 rings (SSSR count). The van der Waals surface area contributed by atoms with Crippen molar-refractivity contribution in [3.8, 4) is 6.07 Å². The van der Waals surface area contributed by atoms with Gasteiger partial charge in [-0.05, 0) is 23.8 Å². The van der Waals surface area contributed by atoms with Crippen LogP contribution in [0.2, 0.25) is 0 Å². The number of esters is 1. The number of Topliss-reactive ketones (excluding diaryl/α,β-unsaturated/α-hetero) is 1. The van der Waals surface area contributed by atoms with Crippen LogP contribution in [0.15, 0.2) is 47.5 Å². The molecule has 0 atom stereocenters. The summed E-state index contributed by atoms with van der Waals surface area (Å²) < 4.78 is 4.93. The van der Waals surface area contributed by atoms with Crippen molar-refractivity contribution >= 4 is 11.8 Å². The molecule has 0 unspecified atom stereocenters. The van der Waals surface area contributed by atoms with E-state index >= 15 is 0 Å². The zero-order chi connectivity index (χ0) is 15.9. The molecule has 0 saturated carbocycles. The fraction of sp³-hybridized carbons (Fsp3) is 0.267. The van der Waals surface area contributed by atoms with E-state index in [-0.39, 0.29) is 30.8 Å². The Morgan fingerprint density at radius 3 is 3.09 bits per heavy atom. The molecule has 0 saturated heterocycles. The molecule has 0 aliphatic carbocycles. The normalized spacial score (nSPS) is 16.2. The molecule has 7 nitrogen and oxygen atoms in total. The standard InChI is InChI=1S/C15H15N3O4/c1-2-14(19)13(15(20)21-7-3-5-16)9-11-4-6-18-12(8-11)10-17-22-18/h4,6,8-10,17H,2-3,7H2,1H3. The summed E-state index contributed by atoms with van der Waals surface area (Å²) in [6.45, 7) is 1.64. The lowest BCUT2D eigenvalue weighted by Crippen LogP contribution is -2.17. The number of nitrogens with zero attached hydrogens (tertiary/aromatic N) is 2. The Bertz CT molecular complexity index is 638. The summed E-state index contributed by atoms with van der Waals surface area (Å²) in [4.78, 5) is 29.0. The summed E-state index contributed by atoms with van der Waals surface area (Å²) >= 11 is 0. The summed E-state index contributed by atoms with van der Waals surface area (Å²) in [6.07, 6.45) is 8.52. The summed E-state index contributed by atoms with van der Waals surface area (Å²) in [7, 11) is 0. The zero-order valence-electron chi connectivity index (χ0n) is 12.0. The van der Waals surface area contributed by atoms with Gasteiger partial charge in [0.1, 0.15) is 12.2 Å². The van der Waals surface area contributed by atoms with Crippen molar-refractivity contribution in [3.05, 3.63) is 47.5 Å². The van der Waals surface area contributed by atoms with Crippen LogP contribution in [-0.2, 0) is 19.3 Å². The molecular weight excluding hydrogens is 286 g/mol. The zero-order valence-corrected chi connectivity index (χ0v) is 12.0. The van der Waals surface area contributed by atoms with Crippen LogP contribution in [0.4, 0.5) is 0 Å². The van der Waals surface area contributed by atoms with Gasteiger partial charge in [-0.1, -0.05) is 6.92 Å². The molecule has 7 heteroatoms.